The van der Waals surface area contributed by atoms with Gasteiger partial charge in [-0.25, -0.2) is 19.7 Å². The molecule has 1 fully saturated rings. The van der Waals surface area contributed by atoms with E-state index in [1.165, 1.54) is 23.3 Å². The smallest absolute Gasteiger partial charge is 0.362 e. The number of nitrogens with one attached hydrogen (secondary N) is 1. The highest BCUT2D eigenvalue weighted by Gasteiger charge is 2.45. The van der Waals surface area contributed by atoms with Crippen molar-refractivity contribution in [1.82, 2.24) is 24.2 Å². The predicted molar refractivity (Wildman–Crippen MR) is 111 cm³/mol. The third-order valence-electron chi connectivity index (χ3n) is 4.87. The highest BCUT2D eigenvalue weighted by molar-refractivity contribution is 7.85. The Kier molecular flexibility index (Phi) is 5.76. The number of aliphatic hydroxyl groups excluding tert-OH is 2. The van der Waals surface area contributed by atoms with Crippen molar-refractivity contribution in [3.05, 3.63) is 36.4 Å². The Morgan fingerprint density at radius 3 is 2.70 bits per heavy atom. The maximum atomic E-state index is 12.2. The molecule has 4 rings (SSSR count). The van der Waals surface area contributed by atoms with E-state index in [1.54, 1.807) is 4.72 Å². The van der Waals surface area contributed by atoms with E-state index in [9.17, 15) is 28.5 Å². The molecule has 176 valence electrons. The lowest BCUT2D eigenvalue weighted by molar-refractivity contribution is -0.0468. The second-order valence-corrected chi connectivity index (χ2v) is 8.42. The zero-order chi connectivity index (χ0) is 23.9. The number of phenolic OH excluding ortho intramolecular Hbond substituents is 1. The number of amides is 1. The Balaban J connectivity index is 1.43. The van der Waals surface area contributed by atoms with E-state index >= 15 is 0 Å². The number of imidazole rings is 1. The molecule has 0 spiro atoms. The number of fused-ring (bicyclic) bond motifs is 1. The van der Waals surface area contributed by atoms with Gasteiger partial charge in [0.05, 0.1) is 18.5 Å². The largest absolute Gasteiger partial charge is 0.507 e. The van der Waals surface area contributed by atoms with Crippen LogP contribution in [0.5, 0.6) is 5.75 Å². The first-order chi connectivity index (χ1) is 15.6. The molecule has 1 aliphatic rings. The Morgan fingerprint density at radius 1 is 1.21 bits per heavy atom. The number of hydrogen-bond acceptors (Lipinski definition) is 13. The second kappa shape index (κ2) is 8.41. The van der Waals surface area contributed by atoms with Gasteiger partial charge in [-0.05, 0) is 12.1 Å². The minimum Gasteiger partial charge on any atom is -0.507 e. The van der Waals surface area contributed by atoms with Crippen molar-refractivity contribution >= 4 is 38.9 Å². The first kappa shape index (κ1) is 22.6. The van der Waals surface area contributed by atoms with E-state index in [0.29, 0.717) is 0 Å². The molecular formula is C17H19N7O8S. The number of hydrogen-bond donors (Lipinski definition) is 6. The van der Waals surface area contributed by atoms with Crippen LogP contribution in [0.2, 0.25) is 0 Å². The van der Waals surface area contributed by atoms with Gasteiger partial charge in [0.25, 0.3) is 5.91 Å². The summed E-state index contributed by atoms with van der Waals surface area (Å²) in [6, 6.07) is 3.50. The summed E-state index contributed by atoms with van der Waals surface area (Å²) >= 11 is 0. The van der Waals surface area contributed by atoms with Gasteiger partial charge in [0.2, 0.25) is 0 Å². The molecule has 1 saturated heterocycles. The molecule has 2 aromatic heterocycles. The standard InChI is InChI=1S/C17H19N7O8S/c18-7-1-2-8(9(25)3-7)16(28)23-33(29,30)31-4-10-12(26)13(27)17(32-10)24-6-22-11-14(19)20-5-21-15(11)24/h1-3,5-6,10,12-13,17,25-27H,4,18H2,(H,23,28)(H2,19,20,21)/t10?,12-,13-,17?/m1/s1. The van der Waals surface area contributed by atoms with Crippen LogP contribution < -0.4 is 16.2 Å². The lowest BCUT2D eigenvalue weighted by Crippen LogP contribution is -2.37. The molecule has 2 unspecified atom stereocenters. The van der Waals surface area contributed by atoms with Crippen LogP contribution in [-0.4, -0.2) is 74.1 Å². The molecule has 0 radical (unpaired) electrons. The Bertz CT molecular complexity index is 1310. The number of aliphatic hydroxyl groups is 2. The monoisotopic (exact) mass is 481 g/mol. The number of benzene rings is 1. The average Bonchev–Trinajstić information content (AvgIpc) is 3.29. The van der Waals surface area contributed by atoms with Crippen molar-refractivity contribution in [2.75, 3.05) is 18.1 Å². The number of carbonyl (C=O) groups is 1. The molecule has 8 N–H and O–H groups in total. The van der Waals surface area contributed by atoms with Crippen molar-refractivity contribution in [3.63, 3.8) is 0 Å². The van der Waals surface area contributed by atoms with E-state index in [0.717, 1.165) is 12.1 Å². The average molecular weight is 481 g/mol. The van der Waals surface area contributed by atoms with E-state index in [1.807, 2.05) is 0 Å². The number of carbonyl (C=O) groups excluding carboxylic acids is 1. The van der Waals surface area contributed by atoms with Gasteiger partial charge in [0, 0.05) is 11.8 Å². The summed E-state index contributed by atoms with van der Waals surface area (Å²) in [4.78, 5) is 24.0. The highest BCUT2D eigenvalue weighted by Crippen LogP contribution is 2.32. The van der Waals surface area contributed by atoms with Gasteiger partial charge < -0.3 is 31.5 Å². The first-order valence-corrected chi connectivity index (χ1v) is 10.7. The molecule has 0 aliphatic carbocycles. The van der Waals surface area contributed by atoms with E-state index in [-0.39, 0.29) is 28.2 Å². The number of phenols is 1. The summed E-state index contributed by atoms with van der Waals surface area (Å²) in [5, 5.41) is 30.4. The van der Waals surface area contributed by atoms with Crippen LogP contribution in [0, 0.1) is 0 Å². The number of aromatic nitrogens is 4. The molecule has 3 heterocycles. The first-order valence-electron chi connectivity index (χ1n) is 9.32. The number of nitrogens with zero attached hydrogens (tertiary/aromatic N) is 4. The van der Waals surface area contributed by atoms with Gasteiger partial charge >= 0.3 is 10.3 Å². The second-order valence-electron chi connectivity index (χ2n) is 7.08. The van der Waals surface area contributed by atoms with Crippen LogP contribution in [0.1, 0.15) is 16.6 Å². The molecule has 4 atom stereocenters. The maximum absolute atomic E-state index is 12.2. The Hall–Kier alpha value is -3.57. The van der Waals surface area contributed by atoms with Crippen molar-refractivity contribution in [2.24, 2.45) is 0 Å². The van der Waals surface area contributed by atoms with Crippen molar-refractivity contribution < 1.29 is 37.5 Å². The topological polar surface area (TPSA) is 238 Å². The molecule has 33 heavy (non-hydrogen) atoms. The zero-order valence-electron chi connectivity index (χ0n) is 16.6. The number of rotatable bonds is 6. The van der Waals surface area contributed by atoms with Crippen molar-refractivity contribution in [2.45, 2.75) is 24.5 Å². The van der Waals surface area contributed by atoms with Gasteiger partial charge in [-0.3, -0.25) is 13.5 Å². The van der Waals surface area contributed by atoms with E-state index in [4.69, 9.17) is 20.4 Å². The third kappa shape index (κ3) is 4.37. The Morgan fingerprint density at radius 2 is 1.97 bits per heavy atom. The Labute approximate surface area is 185 Å². The summed E-state index contributed by atoms with van der Waals surface area (Å²) in [5.74, 6) is -1.60. The van der Waals surface area contributed by atoms with Crippen LogP contribution in [0.3, 0.4) is 0 Å². The number of anilines is 2. The fraction of sp³-hybridized carbons (Fsp3) is 0.294. The van der Waals surface area contributed by atoms with Crippen LogP contribution >= 0.6 is 0 Å². The number of nitrogens with two attached hydrogens (primary N) is 2. The lowest BCUT2D eigenvalue weighted by atomic mass is 10.1. The van der Waals surface area contributed by atoms with E-state index < -0.39 is 53.1 Å². The summed E-state index contributed by atoms with van der Waals surface area (Å²) in [7, 11) is -4.67. The zero-order valence-corrected chi connectivity index (χ0v) is 17.5. The number of nitrogen functional groups attached to an aromatic ring is 2. The van der Waals surface area contributed by atoms with Crippen molar-refractivity contribution in [3.8, 4) is 5.75 Å². The maximum Gasteiger partial charge on any atom is 0.362 e. The summed E-state index contributed by atoms with van der Waals surface area (Å²) in [6.45, 7) is -0.741. The van der Waals surface area contributed by atoms with Crippen LogP contribution in [0.4, 0.5) is 11.5 Å². The number of ether oxygens (including phenoxy) is 1. The summed E-state index contributed by atoms with van der Waals surface area (Å²) in [6.07, 6.45) is -3.05. The van der Waals surface area contributed by atoms with Crippen LogP contribution in [0.15, 0.2) is 30.9 Å². The minimum atomic E-state index is -4.67. The molecule has 1 aliphatic heterocycles. The molecule has 1 aromatic carbocycles. The molecular weight excluding hydrogens is 462 g/mol. The van der Waals surface area contributed by atoms with Gasteiger partial charge in [-0.2, -0.15) is 8.42 Å². The quantitative estimate of drug-likeness (QED) is 0.209. The van der Waals surface area contributed by atoms with Crippen LogP contribution in [0.25, 0.3) is 11.2 Å². The molecule has 1 amide bonds. The fourth-order valence-electron chi connectivity index (χ4n) is 3.25. The molecule has 0 saturated carbocycles. The van der Waals surface area contributed by atoms with Gasteiger partial charge in [-0.15, -0.1) is 0 Å². The summed E-state index contributed by atoms with van der Waals surface area (Å²) in [5.41, 5.74) is 11.5. The fourth-order valence-corrected chi connectivity index (χ4v) is 3.96. The number of aromatic hydroxyl groups is 1. The molecule has 15 nitrogen and oxygen atoms in total. The highest BCUT2D eigenvalue weighted by atomic mass is 32.2. The van der Waals surface area contributed by atoms with Gasteiger partial charge in [-0.1, -0.05) is 0 Å². The molecule has 3 aromatic rings. The molecule has 0 bridgehead atoms. The minimum absolute atomic E-state index is 0.0978. The van der Waals surface area contributed by atoms with Gasteiger partial charge in [0.15, 0.2) is 17.7 Å². The third-order valence-corrected chi connectivity index (χ3v) is 5.75. The van der Waals surface area contributed by atoms with Gasteiger partial charge in [0.1, 0.15) is 35.9 Å². The molecule has 16 heteroatoms. The SMILES string of the molecule is Nc1ccc(C(=O)NS(=O)(=O)OCC2OC(n3cnc4c(N)ncnc43)[C@H](O)[C@@H]2O)c(O)c1. The normalized spacial score (nSPS) is 23.1. The van der Waals surface area contributed by atoms with E-state index in [2.05, 4.69) is 15.0 Å². The predicted octanol–water partition coefficient (Wildman–Crippen LogP) is -1.99. The van der Waals surface area contributed by atoms with Crippen LogP contribution in [-0.2, 0) is 19.2 Å². The van der Waals surface area contributed by atoms with Crippen molar-refractivity contribution in [1.29, 1.82) is 0 Å². The summed E-state index contributed by atoms with van der Waals surface area (Å²) < 4.78 is 37.5. The lowest BCUT2D eigenvalue weighted by Gasteiger charge is -2.16.